The summed E-state index contributed by atoms with van der Waals surface area (Å²) in [5.74, 6) is 0. The number of hydrogen-bond donors (Lipinski definition) is 0. The lowest BCUT2D eigenvalue weighted by atomic mass is 10.3. The maximum absolute atomic E-state index is 6.36. The minimum atomic E-state index is -2.06. The maximum Gasteiger partial charge on any atom is 0.337 e. The smallest absolute Gasteiger partial charge is 0.337 e. The third kappa shape index (κ3) is 13.8. The summed E-state index contributed by atoms with van der Waals surface area (Å²) in [4.78, 5) is 2.64. The summed E-state index contributed by atoms with van der Waals surface area (Å²) in [5.41, 5.74) is 0. The zero-order valence-corrected chi connectivity index (χ0v) is 24.8. The van der Waals surface area contributed by atoms with Crippen LogP contribution in [0.1, 0.15) is 93.4 Å². The van der Waals surface area contributed by atoms with Crippen LogP contribution in [0.3, 0.4) is 0 Å². The maximum atomic E-state index is 6.36. The fourth-order valence-electron chi connectivity index (χ4n) is 4.08. The third-order valence-corrected chi connectivity index (χ3v) is 13.3. The fraction of sp³-hybridized carbons (Fsp3) is 1.00. The van der Waals surface area contributed by atoms with Crippen molar-refractivity contribution in [2.75, 3.05) is 46.1 Å². The number of nitrogens with zero attached hydrogens (tertiary/aromatic N) is 1. The molecule has 0 aromatic rings. The summed E-state index contributed by atoms with van der Waals surface area (Å²) in [6.45, 7) is 22.3. The monoisotopic (exact) mass is 491 g/mol. The van der Waals surface area contributed by atoms with Crippen LogP contribution in [0.15, 0.2) is 0 Å². The molecule has 0 spiro atoms. The molecule has 7 heteroatoms. The average molecular weight is 492 g/mol. The molecular weight excluding hydrogens is 434 g/mol. The van der Waals surface area contributed by atoms with Gasteiger partial charge in [-0.1, -0.05) is 48.5 Å². The first kappa shape index (κ1) is 32.2. The van der Waals surface area contributed by atoms with Crippen molar-refractivity contribution in [1.82, 2.24) is 4.90 Å². The molecule has 0 heterocycles. The van der Waals surface area contributed by atoms with Crippen molar-refractivity contribution in [3.05, 3.63) is 0 Å². The van der Waals surface area contributed by atoms with E-state index >= 15 is 0 Å². The molecule has 0 aromatic heterocycles. The van der Waals surface area contributed by atoms with E-state index in [4.69, 9.17) is 17.7 Å². The Morgan fingerprint density at radius 1 is 0.469 bits per heavy atom. The van der Waals surface area contributed by atoms with Crippen LogP contribution in [0, 0.1) is 0 Å². The molecule has 32 heavy (non-hydrogen) atoms. The first-order valence-corrected chi connectivity index (χ1v) is 18.2. The van der Waals surface area contributed by atoms with Gasteiger partial charge in [0.25, 0.3) is 0 Å². The quantitative estimate of drug-likeness (QED) is 0.135. The highest BCUT2D eigenvalue weighted by atomic mass is 28.4. The Hall–Kier alpha value is 0.234. The third-order valence-electron chi connectivity index (χ3n) is 5.96. The van der Waals surface area contributed by atoms with Gasteiger partial charge >= 0.3 is 17.1 Å². The summed E-state index contributed by atoms with van der Waals surface area (Å²) in [6, 6.07) is 4.32. The van der Waals surface area contributed by atoms with Gasteiger partial charge in [0.1, 0.15) is 0 Å². The van der Waals surface area contributed by atoms with Gasteiger partial charge in [0.2, 0.25) is 0 Å². The molecule has 0 aromatic carbocycles. The number of rotatable bonds is 24. The summed E-state index contributed by atoms with van der Waals surface area (Å²) in [5, 5.41) is 0. The molecule has 0 bridgehead atoms. The topological polar surface area (TPSA) is 40.2 Å². The van der Waals surface area contributed by atoms with Crippen molar-refractivity contribution < 1.29 is 17.7 Å². The van der Waals surface area contributed by atoms with Gasteiger partial charge in [0, 0.05) is 26.4 Å². The van der Waals surface area contributed by atoms with E-state index in [1.807, 2.05) is 0 Å². The van der Waals surface area contributed by atoms with Crippen LogP contribution < -0.4 is 0 Å². The van der Waals surface area contributed by atoms with Crippen molar-refractivity contribution in [2.24, 2.45) is 0 Å². The second-order valence-electron chi connectivity index (χ2n) is 8.97. The molecular formula is C25H57NO4Si2. The minimum Gasteiger partial charge on any atom is -0.394 e. The molecule has 0 aliphatic heterocycles. The molecule has 0 radical (unpaired) electrons. The summed E-state index contributed by atoms with van der Waals surface area (Å²) in [7, 11) is -4.12. The van der Waals surface area contributed by atoms with E-state index in [1.165, 1.54) is 25.8 Å². The van der Waals surface area contributed by atoms with Crippen molar-refractivity contribution in [3.63, 3.8) is 0 Å². The highest BCUT2D eigenvalue weighted by molar-refractivity contribution is 6.67. The molecule has 0 saturated heterocycles. The van der Waals surface area contributed by atoms with Crippen molar-refractivity contribution in [1.29, 1.82) is 0 Å². The Morgan fingerprint density at radius 3 is 1.06 bits per heavy atom. The van der Waals surface area contributed by atoms with Gasteiger partial charge in [-0.05, 0) is 88.8 Å². The van der Waals surface area contributed by atoms with Gasteiger partial charge in [0.15, 0.2) is 0 Å². The molecule has 0 rings (SSSR count). The number of hydrogen-bond acceptors (Lipinski definition) is 5. The van der Waals surface area contributed by atoms with Gasteiger partial charge < -0.3 is 22.6 Å². The molecule has 0 saturated carbocycles. The lowest BCUT2D eigenvalue weighted by Gasteiger charge is -2.32. The lowest BCUT2D eigenvalue weighted by Crippen LogP contribution is -2.43. The zero-order chi connectivity index (χ0) is 24.1. The molecule has 0 aliphatic rings. The Morgan fingerprint density at radius 2 is 0.812 bits per heavy atom. The van der Waals surface area contributed by atoms with Crippen LogP contribution in [0.2, 0.25) is 24.2 Å². The van der Waals surface area contributed by atoms with E-state index in [0.717, 1.165) is 89.4 Å². The molecule has 0 N–H and O–H groups in total. The van der Waals surface area contributed by atoms with E-state index in [2.05, 4.69) is 53.4 Å². The fourth-order valence-corrected chi connectivity index (χ4v) is 10.0. The van der Waals surface area contributed by atoms with E-state index in [-0.39, 0.29) is 0 Å². The van der Waals surface area contributed by atoms with E-state index in [9.17, 15) is 0 Å². The second-order valence-corrected chi connectivity index (χ2v) is 16.2. The molecule has 0 aliphatic carbocycles. The molecule has 0 amide bonds. The first-order chi connectivity index (χ1) is 15.5. The average Bonchev–Trinajstić information content (AvgIpc) is 2.82. The van der Waals surface area contributed by atoms with Crippen LogP contribution in [0.5, 0.6) is 0 Å². The van der Waals surface area contributed by atoms with Gasteiger partial charge in [0.05, 0.1) is 0 Å². The van der Waals surface area contributed by atoms with Gasteiger partial charge in [-0.2, -0.15) is 0 Å². The van der Waals surface area contributed by atoms with Crippen LogP contribution >= 0.6 is 0 Å². The van der Waals surface area contributed by atoms with Crippen molar-refractivity contribution in [3.8, 4) is 0 Å². The van der Waals surface area contributed by atoms with E-state index < -0.39 is 17.1 Å². The van der Waals surface area contributed by atoms with Crippen LogP contribution in [0.4, 0.5) is 0 Å². The molecule has 194 valence electrons. The molecule has 0 atom stereocenters. The highest BCUT2D eigenvalue weighted by Crippen LogP contribution is 2.24. The van der Waals surface area contributed by atoms with Gasteiger partial charge in [-0.15, -0.1) is 0 Å². The molecule has 0 fully saturated rings. The summed E-state index contributed by atoms with van der Waals surface area (Å²) >= 11 is 0. The van der Waals surface area contributed by atoms with E-state index in [0.29, 0.717) is 0 Å². The predicted octanol–water partition coefficient (Wildman–Crippen LogP) is 7.11. The SMILES string of the molecule is CCCO[Si](CC)(CCCN(CCC)CCC[Si](CC)(OCCC)OCCC)OCCC. The Balaban J connectivity index is 4.79. The van der Waals surface area contributed by atoms with Gasteiger partial charge in [-0.3, -0.25) is 0 Å². The standard InChI is InChI=1S/C25H57NO4Si2/c1-8-17-26(18-15-24-31(13-6,27-20-9-2)28-21-10-3)19-16-25-32(14-7,29-22-11-4)30-23-12-5/h8-25H2,1-7H3. The molecule has 5 nitrogen and oxygen atoms in total. The van der Waals surface area contributed by atoms with Crippen LogP contribution in [0.25, 0.3) is 0 Å². The summed E-state index contributed by atoms with van der Waals surface area (Å²) in [6.07, 6.45) is 7.80. The van der Waals surface area contributed by atoms with Crippen molar-refractivity contribution >= 4 is 17.1 Å². The predicted molar refractivity (Wildman–Crippen MR) is 143 cm³/mol. The first-order valence-electron chi connectivity index (χ1n) is 13.8. The Kier molecular flexibility index (Phi) is 20.7. The second kappa shape index (κ2) is 20.6. The zero-order valence-electron chi connectivity index (χ0n) is 22.8. The van der Waals surface area contributed by atoms with E-state index in [1.54, 1.807) is 0 Å². The normalized spacial score (nSPS) is 12.8. The van der Waals surface area contributed by atoms with Crippen LogP contribution in [-0.4, -0.2) is 68.1 Å². The minimum absolute atomic E-state index is 0.835. The Labute approximate surface area is 203 Å². The van der Waals surface area contributed by atoms with Crippen molar-refractivity contribution in [2.45, 2.75) is 118 Å². The lowest BCUT2D eigenvalue weighted by molar-refractivity contribution is 0.163. The summed E-state index contributed by atoms with van der Waals surface area (Å²) < 4.78 is 25.4. The largest absolute Gasteiger partial charge is 0.394 e. The van der Waals surface area contributed by atoms with Gasteiger partial charge in [-0.25, -0.2) is 0 Å². The van der Waals surface area contributed by atoms with Crippen LogP contribution in [-0.2, 0) is 17.7 Å². The highest BCUT2D eigenvalue weighted by Gasteiger charge is 2.36. The molecule has 0 unspecified atom stereocenters. The Bertz CT molecular complexity index is 365.